The van der Waals surface area contributed by atoms with Crippen molar-refractivity contribution in [1.29, 1.82) is 0 Å². The number of nitrogens with two attached hydrogens (primary N) is 1. The molecule has 1 saturated carbocycles. The molecule has 1 heterocycles. The van der Waals surface area contributed by atoms with E-state index in [2.05, 4.69) is 35.9 Å². The lowest BCUT2D eigenvalue weighted by Gasteiger charge is -2.29. The summed E-state index contributed by atoms with van der Waals surface area (Å²) in [7, 11) is 1.51. The van der Waals surface area contributed by atoms with E-state index in [1.807, 2.05) is 60.7 Å². The summed E-state index contributed by atoms with van der Waals surface area (Å²) in [5.74, 6) is 5.44. The van der Waals surface area contributed by atoms with Crippen LogP contribution >= 0.6 is 0 Å². The van der Waals surface area contributed by atoms with Gasteiger partial charge in [-0.1, -0.05) is 85.8 Å². The first-order valence-electron chi connectivity index (χ1n) is 19.8. The Kier molecular flexibility index (Phi) is 13.4. The first-order chi connectivity index (χ1) is 26.7. The number of aromatic hydroxyl groups is 1. The molecule has 1 aromatic heterocycles. The van der Waals surface area contributed by atoms with Crippen LogP contribution in [0.25, 0.3) is 0 Å². The molecule has 0 saturated heterocycles. The number of hydrogen-bond donors (Lipinski definition) is 4. The number of phenolic OH excluding ortho intramolecular Hbond substituents is 1. The number of pyridine rings is 1. The molecule has 2 aliphatic rings. The zero-order valence-corrected chi connectivity index (χ0v) is 32.0. The highest BCUT2D eigenvalue weighted by Crippen LogP contribution is 2.45. The number of rotatable bonds is 11. The third kappa shape index (κ3) is 9.47. The number of Topliss-reactive ketones (excluding diaryl/α,β-unsaturated/α-hetero) is 2. The molecule has 1 fully saturated rings. The van der Waals surface area contributed by atoms with Crippen LogP contribution in [0.15, 0.2) is 85.1 Å². The molecule has 7 atom stereocenters. The number of anilines is 1. The number of methoxy groups -OCH3 is 1. The minimum atomic E-state index is -1.78. The van der Waals surface area contributed by atoms with Crippen molar-refractivity contribution in [2.75, 3.05) is 19.5 Å². The molecule has 0 spiro atoms. The maximum Gasteiger partial charge on any atom is 0.173 e. The second kappa shape index (κ2) is 18.6. The van der Waals surface area contributed by atoms with E-state index in [1.54, 1.807) is 12.3 Å². The SMILES string of the molecule is CCCC(CO)C1CC(Cc2ccnc(N)c2)CC2C#CC(c3ccccc3)c3c(cc(OC)c(O)c3CCc3ccccc3)CCC(=O)C(O)C(=O)C2C1. The van der Waals surface area contributed by atoms with Crippen LogP contribution in [0, 0.1) is 41.4 Å². The Labute approximate surface area is 325 Å². The number of phenols is 1. The van der Waals surface area contributed by atoms with Gasteiger partial charge >= 0.3 is 0 Å². The number of aryl methyl sites for hydroxylation is 2. The third-order valence-corrected chi connectivity index (χ3v) is 11.8. The van der Waals surface area contributed by atoms with E-state index in [9.17, 15) is 24.9 Å². The lowest BCUT2D eigenvalue weighted by Crippen LogP contribution is -2.39. The van der Waals surface area contributed by atoms with Crippen LogP contribution in [0.4, 0.5) is 5.82 Å². The van der Waals surface area contributed by atoms with Gasteiger partial charge in [-0.25, -0.2) is 4.98 Å². The van der Waals surface area contributed by atoms with Gasteiger partial charge in [-0.05, 0) is 115 Å². The van der Waals surface area contributed by atoms with Gasteiger partial charge in [0.15, 0.2) is 29.2 Å². The summed E-state index contributed by atoms with van der Waals surface area (Å²) >= 11 is 0. The fourth-order valence-electron chi connectivity index (χ4n) is 9.04. The van der Waals surface area contributed by atoms with E-state index in [4.69, 9.17) is 10.5 Å². The fourth-order valence-corrected chi connectivity index (χ4v) is 9.04. The van der Waals surface area contributed by atoms with Crippen molar-refractivity contribution in [3.8, 4) is 23.3 Å². The van der Waals surface area contributed by atoms with Gasteiger partial charge in [-0.15, -0.1) is 0 Å². The number of carbonyl (C=O) groups is 2. The van der Waals surface area contributed by atoms with Crippen LogP contribution in [0.1, 0.15) is 84.7 Å². The van der Waals surface area contributed by atoms with Gasteiger partial charge in [-0.3, -0.25) is 9.59 Å². The summed E-state index contributed by atoms with van der Waals surface area (Å²) in [5, 5.41) is 33.9. The van der Waals surface area contributed by atoms with E-state index >= 15 is 0 Å². The highest BCUT2D eigenvalue weighted by atomic mass is 16.5. The molecule has 0 radical (unpaired) electrons. The molecule has 3 aromatic carbocycles. The van der Waals surface area contributed by atoms with Gasteiger partial charge < -0.3 is 25.8 Å². The Hall–Kier alpha value is -4.97. The Morgan fingerprint density at radius 1 is 0.927 bits per heavy atom. The summed E-state index contributed by atoms with van der Waals surface area (Å²) in [6.45, 7) is 2.09. The Morgan fingerprint density at radius 3 is 2.36 bits per heavy atom. The lowest BCUT2D eigenvalue weighted by atomic mass is 9.75. The molecule has 2 aliphatic carbocycles. The standard InChI is InChI=1S/C47H54N2O6/c1-3-10-36(29-50)37-25-32(23-31-21-22-49-43(48)26-31)24-34-16-19-38(33-13-8-5-9-14-33)44-35(17-20-41(51)47(54)46(53)40(34)27-37)28-42(55-2)45(52)39(44)18-15-30-11-6-4-7-12-30/h4-9,11-14,21-22,26,28,32,34,36-38,40,47,50,52,54H,3,10,15,17-18,20,23-25,27,29H2,1-2H3,(H2,48,49). The number of nitrogen functional groups attached to an aromatic ring is 1. The van der Waals surface area contributed by atoms with Gasteiger partial charge in [0, 0.05) is 36.6 Å². The van der Waals surface area contributed by atoms with Crippen LogP contribution in [-0.4, -0.2) is 51.7 Å². The number of aliphatic hydroxyl groups excluding tert-OH is 2. The smallest absolute Gasteiger partial charge is 0.173 e. The number of benzene rings is 3. The lowest BCUT2D eigenvalue weighted by molar-refractivity contribution is -0.142. The van der Waals surface area contributed by atoms with Crippen molar-refractivity contribution in [2.45, 2.75) is 83.2 Å². The highest BCUT2D eigenvalue weighted by molar-refractivity contribution is 6.06. The summed E-state index contributed by atoms with van der Waals surface area (Å²) in [6, 6.07) is 25.7. The van der Waals surface area contributed by atoms with E-state index in [0.717, 1.165) is 47.1 Å². The average Bonchev–Trinajstić information content (AvgIpc) is 3.38. The van der Waals surface area contributed by atoms with E-state index in [0.29, 0.717) is 49.2 Å². The summed E-state index contributed by atoms with van der Waals surface area (Å²) in [4.78, 5) is 32.4. The normalized spacial score (nSPS) is 23.5. The van der Waals surface area contributed by atoms with Crippen molar-refractivity contribution in [2.24, 2.45) is 29.6 Å². The first-order valence-corrected chi connectivity index (χ1v) is 19.8. The second-order valence-corrected chi connectivity index (χ2v) is 15.4. The number of carbonyl (C=O) groups excluding carboxylic acids is 2. The molecule has 7 unspecified atom stereocenters. The van der Waals surface area contributed by atoms with Gasteiger partial charge in [0.05, 0.1) is 13.0 Å². The maximum atomic E-state index is 14.4. The van der Waals surface area contributed by atoms with Crippen LogP contribution in [0.3, 0.4) is 0 Å². The van der Waals surface area contributed by atoms with Gasteiger partial charge in [0.1, 0.15) is 5.82 Å². The number of aromatic nitrogens is 1. The van der Waals surface area contributed by atoms with E-state index in [1.165, 1.54) is 7.11 Å². The zero-order chi connectivity index (χ0) is 38.9. The summed E-state index contributed by atoms with van der Waals surface area (Å²) in [5.41, 5.74) is 11.5. The second-order valence-electron chi connectivity index (χ2n) is 15.4. The predicted molar refractivity (Wildman–Crippen MR) is 215 cm³/mol. The van der Waals surface area contributed by atoms with Gasteiger partial charge in [0.2, 0.25) is 0 Å². The molecule has 55 heavy (non-hydrogen) atoms. The zero-order valence-electron chi connectivity index (χ0n) is 32.0. The van der Waals surface area contributed by atoms with Crippen molar-refractivity contribution in [3.05, 3.63) is 118 Å². The number of ether oxygens (including phenoxy) is 1. The molecule has 0 amide bonds. The number of fused-ring (bicyclic) bond motifs is 2. The number of aliphatic hydroxyl groups is 2. The van der Waals surface area contributed by atoms with E-state index in [-0.39, 0.29) is 43.0 Å². The molecule has 0 bridgehead atoms. The number of ketones is 2. The maximum absolute atomic E-state index is 14.4. The predicted octanol–water partition coefficient (Wildman–Crippen LogP) is 7.04. The molecular formula is C47H54N2O6. The third-order valence-electron chi connectivity index (χ3n) is 11.8. The summed E-state index contributed by atoms with van der Waals surface area (Å²) in [6.07, 6.45) is 5.39. The molecule has 8 nitrogen and oxygen atoms in total. The molecule has 288 valence electrons. The number of hydrogen-bond acceptors (Lipinski definition) is 8. The van der Waals surface area contributed by atoms with Gasteiger partial charge in [0.25, 0.3) is 0 Å². The fraction of sp³-hybridized carbons (Fsp3) is 0.426. The quantitative estimate of drug-likeness (QED) is 0.0947. The average molecular weight is 743 g/mol. The first kappa shape index (κ1) is 39.7. The van der Waals surface area contributed by atoms with E-state index < -0.39 is 35.4 Å². The highest BCUT2D eigenvalue weighted by Gasteiger charge is 2.42. The molecular weight excluding hydrogens is 689 g/mol. The Bertz CT molecular complexity index is 1990. The largest absolute Gasteiger partial charge is 0.504 e. The molecule has 4 aromatic rings. The molecule has 6 rings (SSSR count). The Morgan fingerprint density at radius 2 is 1.67 bits per heavy atom. The van der Waals surface area contributed by atoms with Crippen molar-refractivity contribution in [1.82, 2.24) is 4.98 Å². The topological polar surface area (TPSA) is 143 Å². The monoisotopic (exact) mass is 742 g/mol. The minimum Gasteiger partial charge on any atom is -0.504 e. The van der Waals surface area contributed by atoms with Crippen LogP contribution in [0.2, 0.25) is 0 Å². The number of nitrogens with zero attached hydrogens (tertiary/aromatic N) is 1. The molecule has 5 N–H and O–H groups in total. The molecule has 8 heteroatoms. The van der Waals surface area contributed by atoms with Crippen molar-refractivity contribution >= 4 is 17.4 Å². The van der Waals surface area contributed by atoms with Crippen LogP contribution in [-0.2, 0) is 35.3 Å². The van der Waals surface area contributed by atoms with Crippen molar-refractivity contribution < 1.29 is 29.6 Å². The van der Waals surface area contributed by atoms with Crippen LogP contribution in [0.5, 0.6) is 11.5 Å². The summed E-state index contributed by atoms with van der Waals surface area (Å²) < 4.78 is 5.69. The van der Waals surface area contributed by atoms with Crippen LogP contribution < -0.4 is 10.5 Å². The van der Waals surface area contributed by atoms with Crippen molar-refractivity contribution in [3.63, 3.8) is 0 Å². The minimum absolute atomic E-state index is 0.00223. The van der Waals surface area contributed by atoms with Gasteiger partial charge in [-0.2, -0.15) is 0 Å². The molecule has 0 aliphatic heterocycles. The Balaban J connectivity index is 1.53.